The summed E-state index contributed by atoms with van der Waals surface area (Å²) in [7, 11) is 5.42. The number of rotatable bonds is 51. The number of nitrogens with zero attached hydrogens (tertiary/aromatic N) is 1. The van der Waals surface area contributed by atoms with Gasteiger partial charge in [0.05, 0.1) is 40.3 Å². The molecule has 0 aromatic heterocycles. The Balaban J connectivity index is 4.17. The topological polar surface area (TPSA) is 102 Å². The Kier molecular flexibility index (Phi) is 47.7. The van der Waals surface area contributed by atoms with E-state index >= 15 is 0 Å². The highest BCUT2D eigenvalue weighted by Gasteiger charge is 2.25. The number of hydrogen-bond acceptors (Lipinski definition) is 7. The van der Waals surface area contributed by atoms with Crippen molar-refractivity contribution in [3.05, 3.63) is 48.6 Å². The molecule has 0 aliphatic heterocycles. The van der Waals surface area contributed by atoms with Crippen molar-refractivity contribution in [1.82, 2.24) is 0 Å². The Labute approximate surface area is 414 Å². The number of carboxylic acid groups (broad SMARTS) is 1. The molecule has 2 atom stereocenters. The Morgan fingerprint density at radius 2 is 0.836 bits per heavy atom. The lowest BCUT2D eigenvalue weighted by atomic mass is 10.0. The minimum atomic E-state index is -1.12. The van der Waals surface area contributed by atoms with Gasteiger partial charge in [-0.25, -0.2) is 0 Å². The molecule has 0 saturated heterocycles. The number of carboxylic acids is 1. The maximum Gasteiger partial charge on any atom is 0.306 e. The van der Waals surface area contributed by atoms with Crippen LogP contribution < -0.4 is 5.11 Å². The maximum atomic E-state index is 12.8. The zero-order valence-corrected chi connectivity index (χ0v) is 44.6. The second kappa shape index (κ2) is 49.7. The van der Waals surface area contributed by atoms with Gasteiger partial charge in [0.25, 0.3) is 0 Å². The van der Waals surface area contributed by atoms with Crippen molar-refractivity contribution in [3.8, 4) is 0 Å². The number of allylic oxidation sites excluding steroid dienone is 8. The van der Waals surface area contributed by atoms with E-state index in [4.69, 9.17) is 14.2 Å². The molecule has 0 amide bonds. The number of likely N-dealkylation sites (N-methyl/N-ethyl adjacent to an activating group) is 1. The number of carbonyl (C=O) groups excluding carboxylic acids is 3. The molecule has 8 heteroatoms. The summed E-state index contributed by atoms with van der Waals surface area (Å²) in [6.07, 6.45) is 61.5. The summed E-state index contributed by atoms with van der Waals surface area (Å²) in [5.41, 5.74) is 0. The molecule has 67 heavy (non-hydrogen) atoms. The van der Waals surface area contributed by atoms with Crippen LogP contribution in [0.4, 0.5) is 0 Å². The Morgan fingerprint density at radius 3 is 1.25 bits per heavy atom. The van der Waals surface area contributed by atoms with Crippen LogP contribution in [-0.2, 0) is 28.6 Å². The quantitative estimate of drug-likeness (QED) is 0.0259. The van der Waals surface area contributed by atoms with Crippen molar-refractivity contribution in [3.63, 3.8) is 0 Å². The highest BCUT2D eigenvalue weighted by atomic mass is 16.6. The summed E-state index contributed by atoms with van der Waals surface area (Å²) in [6, 6.07) is -0.727. The number of unbranched alkanes of at least 4 members (excludes halogenated alkanes) is 29. The summed E-state index contributed by atoms with van der Waals surface area (Å²) in [4.78, 5) is 37.1. The van der Waals surface area contributed by atoms with Crippen LogP contribution in [0.5, 0.6) is 0 Å². The summed E-state index contributed by atoms with van der Waals surface area (Å²) in [5, 5.41) is 11.7. The fourth-order valence-electron chi connectivity index (χ4n) is 8.38. The number of hydrogen-bond donors (Lipinski definition) is 0. The highest BCUT2D eigenvalue weighted by Crippen LogP contribution is 2.16. The molecule has 0 aliphatic carbocycles. The van der Waals surface area contributed by atoms with E-state index in [1.165, 1.54) is 167 Å². The van der Waals surface area contributed by atoms with Crippen molar-refractivity contribution >= 4 is 17.9 Å². The number of aliphatic carboxylic acids is 1. The minimum absolute atomic E-state index is 0.0404. The predicted molar refractivity (Wildman–Crippen MR) is 282 cm³/mol. The molecule has 0 saturated carbocycles. The number of carbonyl (C=O) groups is 3. The smallest absolute Gasteiger partial charge is 0.306 e. The summed E-state index contributed by atoms with van der Waals surface area (Å²) >= 11 is 0. The maximum absolute atomic E-state index is 12.8. The number of quaternary nitrogens is 1. The fourth-order valence-corrected chi connectivity index (χ4v) is 8.38. The molecule has 8 nitrogen and oxygen atoms in total. The monoisotopic (exact) mass is 942 g/mol. The van der Waals surface area contributed by atoms with E-state index < -0.39 is 18.1 Å². The molecule has 0 aromatic rings. The Morgan fingerprint density at radius 1 is 0.463 bits per heavy atom. The van der Waals surface area contributed by atoms with Gasteiger partial charge in [-0.05, 0) is 70.6 Å². The van der Waals surface area contributed by atoms with Crippen LogP contribution in [0.25, 0.3) is 0 Å². The molecule has 390 valence electrons. The third-order valence-corrected chi connectivity index (χ3v) is 12.7. The molecule has 0 radical (unpaired) electrons. The SMILES string of the molecule is CC/C=C/C/C=C/C/C=C/CCCCCCCCCCCCCCCC(=O)OC(COCCC(C(=O)[O-])[N+](C)(C)C)COC(=O)CCCCCCCCC/C=C/CCCCCCCCCCC. The number of ether oxygens (including phenoxy) is 3. The van der Waals surface area contributed by atoms with Gasteiger partial charge >= 0.3 is 11.9 Å². The van der Waals surface area contributed by atoms with Crippen LogP contribution in [0.3, 0.4) is 0 Å². The summed E-state index contributed by atoms with van der Waals surface area (Å²) in [6.45, 7) is 4.59. The van der Waals surface area contributed by atoms with Gasteiger partial charge in [0, 0.05) is 19.3 Å². The lowest BCUT2D eigenvalue weighted by Gasteiger charge is -2.34. The first-order valence-electron chi connectivity index (χ1n) is 28.2. The van der Waals surface area contributed by atoms with E-state index in [1.54, 1.807) is 0 Å². The van der Waals surface area contributed by atoms with Gasteiger partial charge in [0.15, 0.2) is 6.10 Å². The molecule has 0 fully saturated rings. The molecule has 2 unspecified atom stereocenters. The predicted octanol–water partition coefficient (Wildman–Crippen LogP) is 15.4. The van der Waals surface area contributed by atoms with Crippen molar-refractivity contribution in [2.75, 3.05) is 41.0 Å². The van der Waals surface area contributed by atoms with Gasteiger partial charge in [-0.2, -0.15) is 0 Å². The molecular weight excluding hydrogens is 835 g/mol. The summed E-state index contributed by atoms with van der Waals surface area (Å²) in [5.74, 6) is -1.73. The van der Waals surface area contributed by atoms with Gasteiger partial charge in [-0.3, -0.25) is 9.59 Å². The first-order chi connectivity index (χ1) is 32.6. The van der Waals surface area contributed by atoms with Crippen molar-refractivity contribution in [1.29, 1.82) is 0 Å². The Bertz CT molecular complexity index is 1230. The van der Waals surface area contributed by atoms with Gasteiger partial charge in [-0.1, -0.05) is 217 Å². The van der Waals surface area contributed by atoms with Gasteiger partial charge in [-0.15, -0.1) is 0 Å². The average molecular weight is 943 g/mol. The average Bonchev–Trinajstić information content (AvgIpc) is 3.29. The Hall–Kier alpha value is -2.71. The van der Waals surface area contributed by atoms with Crippen LogP contribution in [-0.4, -0.2) is 75.5 Å². The van der Waals surface area contributed by atoms with Gasteiger partial charge in [0.2, 0.25) is 0 Å². The second-order valence-corrected chi connectivity index (χ2v) is 20.1. The van der Waals surface area contributed by atoms with E-state index in [9.17, 15) is 19.5 Å². The van der Waals surface area contributed by atoms with Crippen molar-refractivity contribution < 1.29 is 38.2 Å². The van der Waals surface area contributed by atoms with Gasteiger partial charge < -0.3 is 28.6 Å². The lowest BCUT2D eigenvalue weighted by Crippen LogP contribution is -2.55. The molecular formula is C59H107NO7. The normalized spacial score (nSPS) is 13.1. The zero-order valence-electron chi connectivity index (χ0n) is 44.6. The van der Waals surface area contributed by atoms with Crippen LogP contribution in [0.15, 0.2) is 48.6 Å². The molecule has 0 aromatic carbocycles. The molecule has 0 rings (SSSR count). The molecule has 0 bridgehead atoms. The minimum Gasteiger partial charge on any atom is -0.544 e. The summed E-state index contributed by atoms with van der Waals surface area (Å²) < 4.78 is 17.3. The van der Waals surface area contributed by atoms with Gasteiger partial charge in [0.1, 0.15) is 12.6 Å². The lowest BCUT2D eigenvalue weighted by molar-refractivity contribution is -0.889. The van der Waals surface area contributed by atoms with Crippen molar-refractivity contribution in [2.24, 2.45) is 0 Å². The van der Waals surface area contributed by atoms with Crippen LogP contribution in [0, 0.1) is 0 Å². The molecule has 0 aliphatic rings. The first kappa shape index (κ1) is 64.3. The third-order valence-electron chi connectivity index (χ3n) is 12.7. The number of esters is 2. The van der Waals surface area contributed by atoms with E-state index in [1.807, 2.05) is 21.1 Å². The fraction of sp³-hybridized carbons (Fsp3) is 0.814. The first-order valence-corrected chi connectivity index (χ1v) is 28.2. The zero-order chi connectivity index (χ0) is 49.2. The van der Waals surface area contributed by atoms with E-state index in [2.05, 4.69) is 62.5 Å². The van der Waals surface area contributed by atoms with E-state index in [0.29, 0.717) is 12.8 Å². The van der Waals surface area contributed by atoms with Crippen LogP contribution in [0.2, 0.25) is 0 Å². The second-order valence-electron chi connectivity index (χ2n) is 20.1. The molecule has 0 N–H and O–H groups in total. The molecule has 0 spiro atoms. The van der Waals surface area contributed by atoms with Crippen LogP contribution >= 0.6 is 0 Å². The van der Waals surface area contributed by atoms with Crippen molar-refractivity contribution in [2.45, 2.75) is 270 Å². The highest BCUT2D eigenvalue weighted by molar-refractivity contribution is 5.70. The third kappa shape index (κ3) is 48.1. The largest absolute Gasteiger partial charge is 0.544 e. The van der Waals surface area contributed by atoms with E-state index in [0.717, 1.165) is 57.8 Å². The molecule has 0 heterocycles. The standard InChI is InChI=1S/C59H107NO7/c1-6-8-10-12-14-16-18-20-22-24-26-28-29-30-32-34-36-38-40-42-44-46-48-50-58(62)67-55(53-65-52-51-56(59(63)64)60(3,4)5)54-66-57(61)49-47-45-43-41-39-37-35-33-31-27-25-23-21-19-17-15-13-11-9-7-2/h8,10,14,16,20,22,27,31,55-56H,6-7,9,11-13,15,17-19,21,23-26,28-30,32-54H2,1-5H3/b10-8+,16-14+,22-20+,31-27+. The van der Waals surface area contributed by atoms with Crippen LogP contribution in [0.1, 0.15) is 258 Å². The van der Waals surface area contributed by atoms with E-state index in [-0.39, 0.29) is 42.7 Å².